The predicted molar refractivity (Wildman–Crippen MR) is 292 cm³/mol. The third-order valence-electron chi connectivity index (χ3n) is 13.5. The molecule has 1 fully saturated rings. The molecule has 0 aliphatic carbocycles. The van der Waals surface area contributed by atoms with Crippen molar-refractivity contribution >= 4 is 52.9 Å². The summed E-state index contributed by atoms with van der Waals surface area (Å²) in [6.45, 7) is 9.62. The van der Waals surface area contributed by atoms with Crippen molar-refractivity contribution in [1.29, 1.82) is 0 Å². The minimum absolute atomic E-state index is 0.00539. The van der Waals surface area contributed by atoms with E-state index in [1.54, 1.807) is 30.3 Å². The van der Waals surface area contributed by atoms with Crippen LogP contribution in [0, 0.1) is 23.7 Å². The lowest BCUT2D eigenvalue weighted by Gasteiger charge is -2.28. The molecule has 0 saturated carbocycles. The molecule has 0 radical (unpaired) electrons. The number of ketones is 2. The van der Waals surface area contributed by atoms with Gasteiger partial charge in [0.2, 0.25) is 41.4 Å². The molecular formula is C55H95N11O10. The first kappa shape index (κ1) is 66.8. The Morgan fingerprint density at radius 2 is 1.14 bits per heavy atom. The van der Waals surface area contributed by atoms with Crippen LogP contribution < -0.4 is 60.2 Å². The van der Waals surface area contributed by atoms with Crippen molar-refractivity contribution in [2.45, 2.75) is 199 Å². The van der Waals surface area contributed by atoms with E-state index in [-0.39, 0.29) is 102 Å². The zero-order valence-corrected chi connectivity index (χ0v) is 46.1. The Morgan fingerprint density at radius 3 is 1.74 bits per heavy atom. The Labute approximate surface area is 451 Å². The maximum atomic E-state index is 14.5. The third-order valence-corrected chi connectivity index (χ3v) is 13.5. The van der Waals surface area contributed by atoms with Gasteiger partial charge in [-0.1, -0.05) is 97.1 Å². The number of nitrogens with two attached hydrogens (primary N) is 4. The van der Waals surface area contributed by atoms with Gasteiger partial charge in [0.1, 0.15) is 24.2 Å². The molecule has 0 bridgehead atoms. The van der Waals surface area contributed by atoms with Crippen molar-refractivity contribution in [2.75, 3.05) is 32.7 Å². The molecule has 1 aromatic carbocycles. The number of unbranched alkanes of at least 4 members (excludes halogenated alkanes) is 5. The lowest BCUT2D eigenvalue weighted by molar-refractivity contribution is -0.136. The molecule has 7 amide bonds. The molecule has 1 saturated heterocycles. The Balaban J connectivity index is 2.70. The van der Waals surface area contributed by atoms with Crippen molar-refractivity contribution in [1.82, 2.24) is 37.2 Å². The van der Waals surface area contributed by atoms with E-state index in [4.69, 9.17) is 22.9 Å². The smallest absolute Gasteiger partial charge is 0.243 e. The van der Waals surface area contributed by atoms with Crippen LogP contribution in [0.4, 0.5) is 0 Å². The quantitative estimate of drug-likeness (QED) is 0.0525. The molecule has 0 unspecified atom stereocenters. The van der Waals surface area contributed by atoms with Crippen LogP contribution in [0.3, 0.4) is 0 Å². The van der Waals surface area contributed by atoms with E-state index in [0.29, 0.717) is 25.8 Å². The van der Waals surface area contributed by atoms with E-state index in [0.717, 1.165) is 37.7 Å². The minimum atomic E-state index is -1.23. The molecule has 0 spiro atoms. The maximum Gasteiger partial charge on any atom is 0.243 e. The molecular weight excluding hydrogens is 975 g/mol. The number of amides is 7. The van der Waals surface area contributed by atoms with E-state index < -0.39 is 114 Å². The number of aliphatic hydroxyl groups is 1. The van der Waals surface area contributed by atoms with E-state index in [9.17, 15) is 48.3 Å². The highest BCUT2D eigenvalue weighted by Gasteiger charge is 2.36. The Bertz CT molecular complexity index is 1960. The predicted octanol–water partition coefficient (Wildman–Crippen LogP) is 1.19. The summed E-state index contributed by atoms with van der Waals surface area (Å²) in [5.41, 5.74) is 24.4. The van der Waals surface area contributed by atoms with Gasteiger partial charge in [0.15, 0.2) is 11.6 Å². The normalized spacial score (nSPS) is 22.9. The average molecular weight is 1070 g/mol. The second-order valence-corrected chi connectivity index (χ2v) is 21.3. The summed E-state index contributed by atoms with van der Waals surface area (Å²) in [6, 6.07) is 1.95. The van der Waals surface area contributed by atoms with Gasteiger partial charge in [0, 0.05) is 31.2 Å². The molecule has 76 heavy (non-hydrogen) atoms. The second kappa shape index (κ2) is 37.4. The van der Waals surface area contributed by atoms with Crippen molar-refractivity contribution in [3.8, 4) is 0 Å². The van der Waals surface area contributed by atoms with Crippen LogP contribution in [0.2, 0.25) is 0 Å². The summed E-state index contributed by atoms with van der Waals surface area (Å²) in [5, 5.41) is 30.1. The standard InChI is InChI=1S/C55H95N11O10/c1-6-7-8-9-13-18-40(67)34-49(70)61-41(20-25-57)47(68)32-38-23-28-60-52(73)45(29-35(2)3)66-54(75)44(22-27-59)64-53(74)43(19-14-15-24-56)63-55(76)46(30-36(4)5)65-51(72)39(31-37-16-11-10-12-17-37)33-48(69)42(21-26-58)62-50(38)71/h10-12,16-17,35-36,38-46,67H,6-9,13-15,18-34,56-59H2,1-5H3,(H,60,73)(H,61,70)(H,62,71)(H,63,76)(H,64,74)(H,65,72)(H,66,75)/t38-,39+,40-,41-,42+,43+,44+,45+,46+/m1/s1. The first-order chi connectivity index (χ1) is 36.3. The summed E-state index contributed by atoms with van der Waals surface area (Å²) >= 11 is 0. The van der Waals surface area contributed by atoms with Crippen molar-refractivity contribution < 1.29 is 48.3 Å². The van der Waals surface area contributed by atoms with Crippen molar-refractivity contribution in [3.05, 3.63) is 35.9 Å². The van der Waals surface area contributed by atoms with E-state index in [1.165, 1.54) is 0 Å². The van der Waals surface area contributed by atoms with Crippen LogP contribution in [-0.2, 0) is 49.6 Å². The van der Waals surface area contributed by atoms with Gasteiger partial charge >= 0.3 is 0 Å². The van der Waals surface area contributed by atoms with Gasteiger partial charge in [-0.25, -0.2) is 0 Å². The zero-order chi connectivity index (χ0) is 56.6. The second-order valence-electron chi connectivity index (χ2n) is 21.3. The van der Waals surface area contributed by atoms with Gasteiger partial charge in [-0.15, -0.1) is 0 Å². The summed E-state index contributed by atoms with van der Waals surface area (Å²) < 4.78 is 0. The van der Waals surface area contributed by atoms with Gasteiger partial charge in [0.05, 0.1) is 24.6 Å². The van der Waals surface area contributed by atoms with Crippen LogP contribution in [-0.4, -0.2) is 133 Å². The summed E-state index contributed by atoms with van der Waals surface area (Å²) in [6.07, 6.45) is 4.59. The Kier molecular flexibility index (Phi) is 32.9. The molecule has 21 nitrogen and oxygen atoms in total. The van der Waals surface area contributed by atoms with Gasteiger partial charge < -0.3 is 65.3 Å². The number of hydrogen-bond acceptors (Lipinski definition) is 14. The largest absolute Gasteiger partial charge is 0.393 e. The fourth-order valence-electron chi connectivity index (χ4n) is 9.26. The highest BCUT2D eigenvalue weighted by Crippen LogP contribution is 2.20. The SMILES string of the molecule is CCCCCCC[C@@H](O)CC(=O)N[C@H](CCN)C(=O)C[C@H]1CCNC(=O)[C@H](CC(C)C)NC(=O)[C@H](CCN)NC(=O)[C@H](CCCCN)NC(=O)[C@H](CC(C)C)NC(=O)[C@@H](Cc2ccccc2)CC(=O)[C@H](CCN)NC1=O. The lowest BCUT2D eigenvalue weighted by atomic mass is 9.89. The lowest BCUT2D eigenvalue weighted by Crippen LogP contribution is -2.59. The molecule has 1 aliphatic rings. The van der Waals surface area contributed by atoms with Crippen molar-refractivity contribution in [2.24, 2.45) is 46.6 Å². The fraction of sp³-hybridized carbons (Fsp3) is 0.727. The summed E-state index contributed by atoms with van der Waals surface area (Å²) in [5.74, 6) is -8.13. The molecule has 0 aromatic heterocycles. The molecule has 9 atom stereocenters. The van der Waals surface area contributed by atoms with Gasteiger partial charge in [0.25, 0.3) is 0 Å². The van der Waals surface area contributed by atoms with Crippen molar-refractivity contribution in [3.63, 3.8) is 0 Å². The topological polar surface area (TPSA) is 362 Å². The third kappa shape index (κ3) is 26.1. The Hall–Kier alpha value is -5.35. The van der Waals surface area contributed by atoms with E-state index in [1.807, 2.05) is 27.7 Å². The number of aliphatic hydroxyl groups excluding tert-OH is 1. The zero-order valence-electron chi connectivity index (χ0n) is 46.1. The van der Waals surface area contributed by atoms with Crippen LogP contribution >= 0.6 is 0 Å². The summed E-state index contributed by atoms with van der Waals surface area (Å²) in [4.78, 5) is 127. The molecule has 430 valence electrons. The molecule has 1 aliphatic heterocycles. The fourth-order valence-corrected chi connectivity index (χ4v) is 9.26. The Morgan fingerprint density at radius 1 is 0.605 bits per heavy atom. The number of Topliss-reactive ketones (excluding diaryl/α,β-unsaturated/α-hetero) is 2. The number of carbonyl (C=O) groups is 9. The number of nitrogens with one attached hydrogen (secondary N) is 7. The highest BCUT2D eigenvalue weighted by atomic mass is 16.3. The molecule has 1 heterocycles. The minimum Gasteiger partial charge on any atom is -0.393 e. The van der Waals surface area contributed by atoms with Crippen LogP contribution in [0.15, 0.2) is 30.3 Å². The van der Waals surface area contributed by atoms with Crippen LogP contribution in [0.5, 0.6) is 0 Å². The van der Waals surface area contributed by atoms with Gasteiger partial charge in [-0.3, -0.25) is 43.2 Å². The monoisotopic (exact) mass is 1070 g/mol. The number of benzene rings is 1. The molecule has 16 N–H and O–H groups in total. The van der Waals surface area contributed by atoms with Gasteiger partial charge in [-0.05, 0) is 114 Å². The first-order valence-electron chi connectivity index (χ1n) is 27.9. The molecule has 21 heteroatoms. The van der Waals surface area contributed by atoms with E-state index >= 15 is 0 Å². The number of hydrogen-bond donors (Lipinski definition) is 12. The van der Waals surface area contributed by atoms with E-state index in [2.05, 4.69) is 44.1 Å². The average Bonchev–Trinajstić information content (AvgIpc) is 3.36. The highest BCUT2D eigenvalue weighted by molar-refractivity contribution is 5.98. The molecule has 2 rings (SSSR count). The number of carbonyl (C=O) groups excluding carboxylic acids is 9. The van der Waals surface area contributed by atoms with Crippen LogP contribution in [0.1, 0.15) is 156 Å². The number of rotatable bonds is 28. The first-order valence-corrected chi connectivity index (χ1v) is 27.9. The summed E-state index contributed by atoms with van der Waals surface area (Å²) in [7, 11) is 0. The maximum absolute atomic E-state index is 14.5. The molecule has 1 aromatic rings. The van der Waals surface area contributed by atoms with Gasteiger partial charge in [-0.2, -0.15) is 0 Å². The van der Waals surface area contributed by atoms with Crippen LogP contribution in [0.25, 0.3) is 0 Å².